The number of hydrogen-bond acceptors (Lipinski definition) is 3. The van der Waals surface area contributed by atoms with E-state index < -0.39 is 0 Å². The third-order valence-corrected chi connectivity index (χ3v) is 3.06. The van der Waals surface area contributed by atoms with Gasteiger partial charge in [0.25, 0.3) is 0 Å². The van der Waals surface area contributed by atoms with E-state index in [4.69, 9.17) is 4.74 Å². The van der Waals surface area contributed by atoms with Crippen molar-refractivity contribution in [1.29, 1.82) is 0 Å². The van der Waals surface area contributed by atoms with Gasteiger partial charge in [-0.2, -0.15) is 0 Å². The number of imidazole rings is 1. The van der Waals surface area contributed by atoms with E-state index in [0.717, 1.165) is 23.7 Å². The van der Waals surface area contributed by atoms with Crippen LogP contribution in [-0.4, -0.2) is 21.1 Å². The number of rotatable bonds is 5. The average molecular weight is 243 g/mol. The lowest BCUT2D eigenvalue weighted by Crippen LogP contribution is -2.02. The third-order valence-electron chi connectivity index (χ3n) is 3.06. The van der Waals surface area contributed by atoms with Crippen LogP contribution in [0.3, 0.4) is 0 Å². The molecule has 0 amide bonds. The fourth-order valence-electron chi connectivity index (χ4n) is 1.94. The highest BCUT2D eigenvalue weighted by Crippen LogP contribution is 2.40. The van der Waals surface area contributed by atoms with Crippen LogP contribution in [0.5, 0.6) is 5.88 Å². The molecule has 4 nitrogen and oxygen atoms in total. The molecule has 18 heavy (non-hydrogen) atoms. The van der Waals surface area contributed by atoms with Gasteiger partial charge in [0.05, 0.1) is 18.6 Å². The summed E-state index contributed by atoms with van der Waals surface area (Å²) in [5, 5.41) is 0. The van der Waals surface area contributed by atoms with Crippen molar-refractivity contribution in [3.05, 3.63) is 36.5 Å². The van der Waals surface area contributed by atoms with Crippen molar-refractivity contribution >= 4 is 0 Å². The predicted octanol–water partition coefficient (Wildman–Crippen LogP) is 2.93. The Morgan fingerprint density at radius 2 is 2.28 bits per heavy atom. The zero-order valence-electron chi connectivity index (χ0n) is 10.5. The second kappa shape index (κ2) is 4.80. The summed E-state index contributed by atoms with van der Waals surface area (Å²) in [6.07, 6.45) is 9.01. The fourth-order valence-corrected chi connectivity index (χ4v) is 1.94. The molecule has 0 radical (unpaired) electrons. The van der Waals surface area contributed by atoms with Crippen molar-refractivity contribution in [2.75, 3.05) is 6.61 Å². The van der Waals surface area contributed by atoms with E-state index >= 15 is 0 Å². The molecule has 4 heteroatoms. The number of nitrogens with zero attached hydrogens (tertiary/aromatic N) is 3. The van der Waals surface area contributed by atoms with Crippen LogP contribution < -0.4 is 4.74 Å². The largest absolute Gasteiger partial charge is 0.478 e. The van der Waals surface area contributed by atoms with E-state index in [1.54, 1.807) is 12.5 Å². The zero-order valence-corrected chi connectivity index (χ0v) is 10.5. The Labute approximate surface area is 107 Å². The van der Waals surface area contributed by atoms with Crippen LogP contribution in [0.25, 0.3) is 5.69 Å². The van der Waals surface area contributed by atoms with Crippen molar-refractivity contribution in [2.45, 2.75) is 32.1 Å². The highest BCUT2D eigenvalue weighted by atomic mass is 16.5. The summed E-state index contributed by atoms with van der Waals surface area (Å²) in [7, 11) is 0. The van der Waals surface area contributed by atoms with Gasteiger partial charge in [0.1, 0.15) is 0 Å². The van der Waals surface area contributed by atoms with E-state index in [2.05, 4.69) is 23.0 Å². The summed E-state index contributed by atoms with van der Waals surface area (Å²) >= 11 is 0. The molecule has 3 rings (SSSR count). The van der Waals surface area contributed by atoms with Crippen LogP contribution in [0.1, 0.15) is 37.8 Å². The quantitative estimate of drug-likeness (QED) is 0.810. The van der Waals surface area contributed by atoms with Gasteiger partial charge < -0.3 is 9.30 Å². The van der Waals surface area contributed by atoms with Gasteiger partial charge in [-0.1, -0.05) is 6.92 Å². The van der Waals surface area contributed by atoms with Crippen LogP contribution in [-0.2, 0) is 0 Å². The first-order valence-electron chi connectivity index (χ1n) is 6.50. The molecule has 0 unspecified atom stereocenters. The second-order valence-corrected chi connectivity index (χ2v) is 4.68. The Morgan fingerprint density at radius 1 is 1.39 bits per heavy atom. The van der Waals surface area contributed by atoms with Crippen LogP contribution in [0.2, 0.25) is 0 Å². The highest BCUT2D eigenvalue weighted by Gasteiger charge is 2.26. The summed E-state index contributed by atoms with van der Waals surface area (Å²) in [6, 6.07) is 4.11. The summed E-state index contributed by atoms with van der Waals surface area (Å²) in [5.74, 6) is 1.35. The zero-order chi connectivity index (χ0) is 12.4. The average Bonchev–Trinajstić information content (AvgIpc) is 3.11. The number of hydrogen-bond donors (Lipinski definition) is 0. The summed E-state index contributed by atoms with van der Waals surface area (Å²) < 4.78 is 7.66. The molecule has 1 fully saturated rings. The lowest BCUT2D eigenvalue weighted by Gasteiger charge is -2.09. The molecule has 0 bridgehead atoms. The third kappa shape index (κ3) is 2.37. The van der Waals surface area contributed by atoms with Crippen LogP contribution >= 0.6 is 0 Å². The minimum Gasteiger partial charge on any atom is -0.478 e. The monoisotopic (exact) mass is 243 g/mol. The van der Waals surface area contributed by atoms with Gasteiger partial charge in [-0.25, -0.2) is 9.97 Å². The second-order valence-electron chi connectivity index (χ2n) is 4.68. The molecule has 2 aromatic heterocycles. The Morgan fingerprint density at radius 3 is 2.94 bits per heavy atom. The van der Waals surface area contributed by atoms with Gasteiger partial charge >= 0.3 is 0 Å². The van der Waals surface area contributed by atoms with Crippen LogP contribution in [0.4, 0.5) is 0 Å². The molecule has 0 saturated heterocycles. The first kappa shape index (κ1) is 11.3. The first-order chi connectivity index (χ1) is 8.86. The molecule has 0 spiro atoms. The predicted molar refractivity (Wildman–Crippen MR) is 69.1 cm³/mol. The molecule has 1 saturated carbocycles. The van der Waals surface area contributed by atoms with Gasteiger partial charge in [-0.3, -0.25) is 0 Å². The molecule has 2 heterocycles. The molecule has 0 atom stereocenters. The van der Waals surface area contributed by atoms with Crippen molar-refractivity contribution in [3.63, 3.8) is 0 Å². The van der Waals surface area contributed by atoms with Crippen molar-refractivity contribution < 1.29 is 4.74 Å². The Balaban J connectivity index is 1.94. The SMILES string of the molecule is CCCOc1cc(-n2ccnc2)cc(C2CC2)n1. The maximum atomic E-state index is 5.67. The summed E-state index contributed by atoms with van der Waals surface area (Å²) in [6.45, 7) is 2.81. The molecule has 1 aliphatic rings. The Bertz CT molecular complexity index is 518. The topological polar surface area (TPSA) is 39.9 Å². The van der Waals surface area contributed by atoms with Gasteiger partial charge in [0.2, 0.25) is 5.88 Å². The van der Waals surface area contributed by atoms with E-state index in [-0.39, 0.29) is 0 Å². The first-order valence-corrected chi connectivity index (χ1v) is 6.50. The summed E-state index contributed by atoms with van der Waals surface area (Å²) in [4.78, 5) is 8.67. The minimum absolute atomic E-state index is 0.623. The van der Waals surface area contributed by atoms with Crippen molar-refractivity contribution in [1.82, 2.24) is 14.5 Å². The van der Waals surface area contributed by atoms with E-state index in [0.29, 0.717) is 12.5 Å². The maximum Gasteiger partial charge on any atom is 0.215 e. The number of aromatic nitrogens is 3. The van der Waals surface area contributed by atoms with E-state index in [9.17, 15) is 0 Å². The molecule has 1 aliphatic carbocycles. The molecule has 94 valence electrons. The van der Waals surface area contributed by atoms with Crippen LogP contribution in [0.15, 0.2) is 30.9 Å². The van der Waals surface area contributed by atoms with Crippen molar-refractivity contribution in [2.24, 2.45) is 0 Å². The van der Waals surface area contributed by atoms with Gasteiger partial charge in [0, 0.05) is 30.1 Å². The smallest absolute Gasteiger partial charge is 0.215 e. The molecular weight excluding hydrogens is 226 g/mol. The van der Waals surface area contributed by atoms with Gasteiger partial charge in [-0.05, 0) is 25.3 Å². The molecule has 2 aromatic rings. The van der Waals surface area contributed by atoms with Crippen molar-refractivity contribution in [3.8, 4) is 11.6 Å². The molecule has 0 aliphatic heterocycles. The number of pyridine rings is 1. The lowest BCUT2D eigenvalue weighted by atomic mass is 10.2. The Kier molecular flexibility index (Phi) is 3.00. The summed E-state index contributed by atoms with van der Waals surface area (Å²) in [5.41, 5.74) is 2.22. The fraction of sp³-hybridized carbons (Fsp3) is 0.429. The van der Waals surface area contributed by atoms with Gasteiger partial charge in [0.15, 0.2) is 0 Å². The molecular formula is C14H17N3O. The highest BCUT2D eigenvalue weighted by molar-refractivity contribution is 5.39. The Hall–Kier alpha value is -1.84. The lowest BCUT2D eigenvalue weighted by molar-refractivity contribution is 0.304. The normalized spacial score (nSPS) is 14.7. The molecule has 0 N–H and O–H groups in total. The maximum absolute atomic E-state index is 5.67. The minimum atomic E-state index is 0.623. The van der Waals surface area contributed by atoms with Gasteiger partial charge in [-0.15, -0.1) is 0 Å². The van der Waals surface area contributed by atoms with Crippen LogP contribution in [0, 0.1) is 0 Å². The molecule has 0 aromatic carbocycles. The number of ether oxygens (including phenoxy) is 1. The standard InChI is InChI=1S/C14H17N3O/c1-2-7-18-14-9-12(17-6-5-15-10-17)8-13(16-14)11-3-4-11/h5-6,8-11H,2-4,7H2,1H3. The van der Waals surface area contributed by atoms with E-state index in [1.165, 1.54) is 12.8 Å². The van der Waals surface area contributed by atoms with E-state index in [1.807, 2.05) is 16.8 Å².